The molecule has 1 N–H and O–H groups in total. The van der Waals surface area contributed by atoms with E-state index in [0.29, 0.717) is 6.61 Å². The average molecular weight is 324 g/mol. The van der Waals surface area contributed by atoms with E-state index < -0.39 is 13.7 Å². The molecular formula is C20H24O2Si. The third-order valence-corrected chi connectivity index (χ3v) is 4.27. The van der Waals surface area contributed by atoms with Crippen LogP contribution in [0.3, 0.4) is 0 Å². The molecular weight excluding hydrogens is 300 g/mol. The van der Waals surface area contributed by atoms with Gasteiger partial charge in [-0.2, -0.15) is 0 Å². The number of hydrogen-bond acceptors (Lipinski definition) is 2. The summed E-state index contributed by atoms with van der Waals surface area (Å²) in [6.45, 7) is 9.09. The topological polar surface area (TPSA) is 29.5 Å². The van der Waals surface area contributed by atoms with Gasteiger partial charge in [-0.15, -0.1) is 5.54 Å². The van der Waals surface area contributed by atoms with Crippen molar-refractivity contribution in [3.8, 4) is 17.2 Å². The van der Waals surface area contributed by atoms with Crippen LogP contribution in [0.4, 0.5) is 0 Å². The van der Waals surface area contributed by atoms with Crippen LogP contribution >= 0.6 is 0 Å². The van der Waals surface area contributed by atoms with Crippen molar-refractivity contribution in [3.63, 3.8) is 0 Å². The zero-order valence-electron chi connectivity index (χ0n) is 14.3. The van der Waals surface area contributed by atoms with Gasteiger partial charge in [0, 0.05) is 11.1 Å². The van der Waals surface area contributed by atoms with Crippen molar-refractivity contribution in [2.45, 2.75) is 32.2 Å². The number of benzene rings is 2. The summed E-state index contributed by atoms with van der Waals surface area (Å²) in [5.41, 5.74) is 3.56. The highest BCUT2D eigenvalue weighted by atomic mass is 28.3. The van der Waals surface area contributed by atoms with Gasteiger partial charge in [0.1, 0.15) is 13.8 Å². The molecule has 0 heterocycles. The first-order valence-corrected chi connectivity index (χ1v) is 11.4. The molecule has 2 aromatic rings. The monoisotopic (exact) mass is 324 g/mol. The second-order valence-electron chi connectivity index (χ2n) is 6.53. The van der Waals surface area contributed by atoms with Crippen LogP contribution in [0.15, 0.2) is 54.6 Å². The molecule has 23 heavy (non-hydrogen) atoms. The van der Waals surface area contributed by atoms with Crippen molar-refractivity contribution < 1.29 is 9.84 Å². The fourth-order valence-corrected chi connectivity index (χ4v) is 2.78. The molecule has 0 fully saturated rings. The molecule has 0 aliphatic rings. The molecule has 0 saturated carbocycles. The van der Waals surface area contributed by atoms with Crippen molar-refractivity contribution in [1.82, 2.24) is 0 Å². The first-order chi connectivity index (χ1) is 10.8. The summed E-state index contributed by atoms with van der Waals surface area (Å²) in [4.78, 5) is 0. The van der Waals surface area contributed by atoms with Crippen LogP contribution in [-0.4, -0.2) is 19.8 Å². The first-order valence-electron chi connectivity index (χ1n) is 7.91. The van der Waals surface area contributed by atoms with Crippen LogP contribution in [0.25, 0.3) is 0 Å². The minimum absolute atomic E-state index is 0.623. The Morgan fingerprint density at radius 1 is 0.957 bits per heavy atom. The van der Waals surface area contributed by atoms with E-state index in [1.165, 1.54) is 0 Å². The Bertz CT molecular complexity index is 690. The number of ether oxygens (including phenoxy) is 1. The van der Waals surface area contributed by atoms with Crippen molar-refractivity contribution >= 4 is 8.07 Å². The van der Waals surface area contributed by atoms with Gasteiger partial charge in [0.25, 0.3) is 0 Å². The Morgan fingerprint density at radius 2 is 1.52 bits per heavy atom. The molecule has 0 amide bonds. The zero-order chi connectivity index (χ0) is 16.9. The van der Waals surface area contributed by atoms with Gasteiger partial charge in [-0.3, -0.25) is 0 Å². The van der Waals surface area contributed by atoms with E-state index in [1.54, 1.807) is 0 Å². The van der Waals surface area contributed by atoms with Gasteiger partial charge >= 0.3 is 0 Å². The van der Waals surface area contributed by atoms with Crippen molar-refractivity contribution in [1.29, 1.82) is 0 Å². The van der Waals surface area contributed by atoms with E-state index in [9.17, 15) is 5.11 Å². The molecule has 1 unspecified atom stereocenters. The summed E-state index contributed by atoms with van der Waals surface area (Å²) in [5, 5.41) is 11.3. The maximum absolute atomic E-state index is 11.3. The van der Waals surface area contributed by atoms with Crippen LogP contribution in [0.1, 0.15) is 18.1 Å². The molecule has 1 atom stereocenters. The molecule has 2 nitrogen and oxygen atoms in total. The zero-order valence-corrected chi connectivity index (χ0v) is 15.3. The van der Waals surface area contributed by atoms with Gasteiger partial charge in [0.2, 0.25) is 0 Å². The summed E-state index contributed by atoms with van der Waals surface area (Å²) < 4.78 is 5.48. The lowest BCUT2D eigenvalue weighted by atomic mass is 9.87. The molecule has 2 rings (SSSR count). The standard InChI is InChI=1S/C20H24O2Si/c1-5-22-19-13-11-18(12-14-19)20(21,15-16-23(2,3)4)17-9-7-6-8-10-17/h6-14,21H,5H2,1-4H3. The smallest absolute Gasteiger partial charge is 0.176 e. The fourth-order valence-electron chi connectivity index (χ4n) is 2.23. The Labute approximate surface area is 140 Å². The van der Waals surface area contributed by atoms with E-state index in [0.717, 1.165) is 16.9 Å². The second-order valence-corrected chi connectivity index (χ2v) is 11.3. The molecule has 0 aromatic heterocycles. The van der Waals surface area contributed by atoms with Crippen molar-refractivity contribution in [2.75, 3.05) is 6.61 Å². The number of rotatable bonds is 4. The SMILES string of the molecule is CCOc1ccc(C(O)(C#C[Si](C)(C)C)c2ccccc2)cc1. The lowest BCUT2D eigenvalue weighted by Crippen LogP contribution is -2.27. The van der Waals surface area contributed by atoms with E-state index in [-0.39, 0.29) is 0 Å². The summed E-state index contributed by atoms with van der Waals surface area (Å²) in [6, 6.07) is 17.1. The van der Waals surface area contributed by atoms with Crippen LogP contribution in [-0.2, 0) is 5.60 Å². The molecule has 0 spiro atoms. The molecule has 0 aliphatic carbocycles. The predicted molar refractivity (Wildman–Crippen MR) is 98.2 cm³/mol. The number of aliphatic hydroxyl groups is 1. The van der Waals surface area contributed by atoms with Crippen LogP contribution in [0, 0.1) is 11.5 Å². The predicted octanol–water partition coefficient (Wildman–Crippen LogP) is 4.20. The lowest BCUT2D eigenvalue weighted by Gasteiger charge is -2.24. The second kappa shape index (κ2) is 7.04. The lowest BCUT2D eigenvalue weighted by molar-refractivity contribution is 0.145. The van der Waals surface area contributed by atoms with Crippen molar-refractivity contribution in [2.24, 2.45) is 0 Å². The molecule has 0 bridgehead atoms. The van der Waals surface area contributed by atoms with E-state index in [4.69, 9.17) is 4.74 Å². The Hall–Kier alpha value is -2.02. The Balaban J connectivity index is 2.51. The van der Waals surface area contributed by atoms with Crippen LogP contribution in [0.2, 0.25) is 19.6 Å². The van der Waals surface area contributed by atoms with Gasteiger partial charge in [-0.1, -0.05) is 68.0 Å². The molecule has 0 radical (unpaired) electrons. The summed E-state index contributed by atoms with van der Waals surface area (Å²) in [6.07, 6.45) is 0. The summed E-state index contributed by atoms with van der Waals surface area (Å²) >= 11 is 0. The minimum atomic E-state index is -1.60. The van der Waals surface area contributed by atoms with Gasteiger partial charge in [0.05, 0.1) is 6.61 Å². The molecule has 0 saturated heterocycles. The van der Waals surface area contributed by atoms with E-state index >= 15 is 0 Å². The fraction of sp³-hybridized carbons (Fsp3) is 0.300. The maximum Gasteiger partial charge on any atom is 0.176 e. The molecule has 120 valence electrons. The van der Waals surface area contributed by atoms with E-state index in [1.807, 2.05) is 61.5 Å². The highest BCUT2D eigenvalue weighted by Crippen LogP contribution is 2.30. The normalized spacial score (nSPS) is 13.6. The Morgan fingerprint density at radius 3 is 2.04 bits per heavy atom. The van der Waals surface area contributed by atoms with Gasteiger partial charge in [0.15, 0.2) is 5.60 Å². The third kappa shape index (κ3) is 4.48. The largest absolute Gasteiger partial charge is 0.494 e. The minimum Gasteiger partial charge on any atom is -0.494 e. The van der Waals surface area contributed by atoms with Gasteiger partial charge < -0.3 is 9.84 Å². The summed E-state index contributed by atoms with van der Waals surface area (Å²) in [7, 11) is -1.60. The molecule has 3 heteroatoms. The third-order valence-electron chi connectivity index (χ3n) is 3.39. The Kier molecular flexibility index (Phi) is 5.30. The quantitative estimate of drug-likeness (QED) is 0.674. The van der Waals surface area contributed by atoms with Crippen LogP contribution < -0.4 is 4.74 Å². The van der Waals surface area contributed by atoms with Crippen LogP contribution in [0.5, 0.6) is 5.75 Å². The number of hydrogen-bond donors (Lipinski definition) is 1. The van der Waals surface area contributed by atoms with E-state index in [2.05, 4.69) is 31.1 Å². The van der Waals surface area contributed by atoms with Crippen molar-refractivity contribution in [3.05, 3.63) is 65.7 Å². The molecule has 2 aromatic carbocycles. The maximum atomic E-state index is 11.3. The first kappa shape index (κ1) is 17.3. The summed E-state index contributed by atoms with van der Waals surface area (Å²) in [5.74, 6) is 3.94. The average Bonchev–Trinajstić information content (AvgIpc) is 2.54. The van der Waals surface area contributed by atoms with Gasteiger partial charge in [-0.25, -0.2) is 0 Å². The highest BCUT2D eigenvalue weighted by molar-refractivity contribution is 6.83. The highest BCUT2D eigenvalue weighted by Gasteiger charge is 2.29. The van der Waals surface area contributed by atoms with Gasteiger partial charge in [-0.05, 0) is 19.1 Å². The molecule has 0 aliphatic heterocycles.